The van der Waals surface area contributed by atoms with Crippen LogP contribution in [0.1, 0.15) is 27.1 Å². The van der Waals surface area contributed by atoms with Crippen molar-refractivity contribution in [3.8, 4) is 11.4 Å². The molecule has 2 aromatic carbocycles. The molecule has 2 heterocycles. The van der Waals surface area contributed by atoms with Gasteiger partial charge in [0.05, 0.1) is 27.3 Å². The first-order valence-corrected chi connectivity index (χ1v) is 12.0. The zero-order valence-corrected chi connectivity index (χ0v) is 19.0. The van der Waals surface area contributed by atoms with Crippen LogP contribution in [0.5, 0.6) is 5.75 Å². The Balaban J connectivity index is 1.45. The lowest BCUT2D eigenvalue weighted by Crippen LogP contribution is -2.21. The highest BCUT2D eigenvalue weighted by Gasteiger charge is 2.22. The van der Waals surface area contributed by atoms with Crippen LogP contribution in [0.2, 0.25) is 0 Å². The predicted octanol–water partition coefficient (Wildman–Crippen LogP) is 5.29. The molecule has 1 amide bonds. The molecule has 0 aliphatic carbocycles. The summed E-state index contributed by atoms with van der Waals surface area (Å²) < 4.78 is 8.13. The second-order valence-electron chi connectivity index (χ2n) is 7.24. The van der Waals surface area contributed by atoms with Gasteiger partial charge in [0, 0.05) is 17.1 Å². The number of hydrogen-bond acceptors (Lipinski definition) is 5. The number of carbonyl (C=O) groups is 1. The van der Waals surface area contributed by atoms with Gasteiger partial charge in [-0.15, -0.1) is 23.5 Å². The minimum atomic E-state index is -0.189. The summed E-state index contributed by atoms with van der Waals surface area (Å²) >= 11 is 3.85. The summed E-state index contributed by atoms with van der Waals surface area (Å²) in [5.41, 5.74) is 5.72. The largest absolute Gasteiger partial charge is 0.483 e. The van der Waals surface area contributed by atoms with Gasteiger partial charge in [0.25, 0.3) is 5.91 Å². The number of benzene rings is 2. The van der Waals surface area contributed by atoms with Gasteiger partial charge in [-0.25, -0.2) is 4.68 Å². The summed E-state index contributed by atoms with van der Waals surface area (Å²) in [7, 11) is 0. The van der Waals surface area contributed by atoms with E-state index in [2.05, 4.69) is 35.5 Å². The first-order chi connectivity index (χ1) is 14.5. The molecule has 4 rings (SSSR count). The lowest BCUT2D eigenvalue weighted by Gasteiger charge is -2.15. The van der Waals surface area contributed by atoms with Gasteiger partial charge >= 0.3 is 0 Å². The molecule has 0 radical (unpaired) electrons. The summed E-state index contributed by atoms with van der Waals surface area (Å²) in [6, 6.07) is 16.2. The predicted molar refractivity (Wildman–Crippen MR) is 126 cm³/mol. The summed E-state index contributed by atoms with van der Waals surface area (Å²) in [5, 5.41) is 7.59. The highest BCUT2D eigenvalue weighted by molar-refractivity contribution is 8.19. The van der Waals surface area contributed by atoms with Crippen LogP contribution in [-0.4, -0.2) is 33.8 Å². The van der Waals surface area contributed by atoms with Crippen molar-refractivity contribution in [2.75, 3.05) is 23.4 Å². The average molecular weight is 440 g/mol. The lowest BCUT2D eigenvalue weighted by atomic mass is 10.2. The van der Waals surface area contributed by atoms with Crippen molar-refractivity contribution in [3.05, 3.63) is 71.0 Å². The molecule has 1 N–H and O–H groups in total. The fraction of sp³-hybridized carbons (Fsp3) is 0.304. The smallest absolute Gasteiger partial charge is 0.262 e. The number of ether oxygens (including phenoxy) is 1. The molecule has 1 aliphatic heterocycles. The zero-order valence-electron chi connectivity index (χ0n) is 17.3. The van der Waals surface area contributed by atoms with Crippen LogP contribution in [0.4, 0.5) is 5.69 Å². The molecule has 1 aliphatic rings. The van der Waals surface area contributed by atoms with E-state index in [0.29, 0.717) is 4.58 Å². The van der Waals surface area contributed by atoms with E-state index in [4.69, 9.17) is 4.74 Å². The molecule has 1 aromatic heterocycles. The normalized spacial score (nSPS) is 14.1. The monoisotopic (exact) mass is 439 g/mol. The molecule has 0 bridgehead atoms. The van der Waals surface area contributed by atoms with Crippen LogP contribution in [0.15, 0.2) is 48.5 Å². The minimum absolute atomic E-state index is 0.0341. The molecule has 156 valence electrons. The highest BCUT2D eigenvalue weighted by Crippen LogP contribution is 2.48. The Kier molecular flexibility index (Phi) is 6.39. The zero-order chi connectivity index (χ0) is 21.1. The summed E-state index contributed by atoms with van der Waals surface area (Å²) in [6.45, 7) is 5.88. The van der Waals surface area contributed by atoms with E-state index >= 15 is 0 Å². The van der Waals surface area contributed by atoms with Gasteiger partial charge in [-0.2, -0.15) is 5.10 Å². The Bertz CT molecular complexity index is 1040. The number of nitrogens with one attached hydrogen (secondary N) is 1. The Labute approximate surface area is 185 Å². The maximum atomic E-state index is 12.6. The van der Waals surface area contributed by atoms with E-state index < -0.39 is 0 Å². The molecule has 1 fully saturated rings. The topological polar surface area (TPSA) is 56.2 Å². The SMILES string of the molecule is Cc1ccc(-n2nc(C)c(NC(=O)COc3ccccc3C3SCCS3)c2C)cc1. The Morgan fingerprint density at radius 3 is 2.53 bits per heavy atom. The molecular weight excluding hydrogens is 414 g/mol. The quantitative estimate of drug-likeness (QED) is 0.565. The second kappa shape index (κ2) is 9.18. The van der Waals surface area contributed by atoms with Gasteiger partial charge in [0.1, 0.15) is 5.75 Å². The van der Waals surface area contributed by atoms with Crippen molar-refractivity contribution in [1.82, 2.24) is 9.78 Å². The summed E-state index contributed by atoms with van der Waals surface area (Å²) in [4.78, 5) is 12.6. The Hall–Kier alpha value is -2.38. The number of nitrogens with zero attached hydrogens (tertiary/aromatic N) is 2. The van der Waals surface area contributed by atoms with Crippen molar-refractivity contribution in [2.45, 2.75) is 25.4 Å². The highest BCUT2D eigenvalue weighted by atomic mass is 32.2. The molecular formula is C23H25N3O2S2. The number of hydrogen-bond donors (Lipinski definition) is 1. The maximum absolute atomic E-state index is 12.6. The van der Waals surface area contributed by atoms with E-state index in [-0.39, 0.29) is 12.5 Å². The van der Waals surface area contributed by atoms with Crippen LogP contribution in [0.25, 0.3) is 5.69 Å². The average Bonchev–Trinajstić information content (AvgIpc) is 3.38. The fourth-order valence-electron chi connectivity index (χ4n) is 3.42. The van der Waals surface area contributed by atoms with E-state index in [9.17, 15) is 4.79 Å². The van der Waals surface area contributed by atoms with Gasteiger partial charge in [-0.05, 0) is 39.0 Å². The van der Waals surface area contributed by atoms with Crippen molar-refractivity contribution in [2.24, 2.45) is 0 Å². The molecule has 3 aromatic rings. The van der Waals surface area contributed by atoms with E-state index in [1.165, 1.54) is 5.56 Å². The number of thioether (sulfide) groups is 2. The van der Waals surface area contributed by atoms with Crippen molar-refractivity contribution >= 4 is 35.1 Å². The Morgan fingerprint density at radius 1 is 1.10 bits per heavy atom. The number of aryl methyl sites for hydroxylation is 2. The third-order valence-corrected chi connectivity index (χ3v) is 8.06. The molecule has 5 nitrogen and oxygen atoms in total. The molecule has 0 saturated carbocycles. The number of rotatable bonds is 6. The van der Waals surface area contributed by atoms with Gasteiger partial charge in [-0.1, -0.05) is 35.9 Å². The van der Waals surface area contributed by atoms with Crippen LogP contribution in [-0.2, 0) is 4.79 Å². The van der Waals surface area contributed by atoms with Crippen molar-refractivity contribution < 1.29 is 9.53 Å². The number of para-hydroxylation sites is 1. The standard InChI is InChI=1S/C23H25N3O2S2/c1-15-8-10-18(11-9-15)26-17(3)22(16(2)25-26)24-21(27)14-28-20-7-5-4-6-19(20)23-29-12-13-30-23/h4-11,23H,12-14H2,1-3H3,(H,24,27). The number of aromatic nitrogens is 2. The van der Waals surface area contributed by atoms with Gasteiger partial charge in [-0.3, -0.25) is 4.79 Å². The third kappa shape index (κ3) is 4.52. The van der Waals surface area contributed by atoms with E-state index in [1.807, 2.05) is 72.4 Å². The van der Waals surface area contributed by atoms with Gasteiger partial charge in [0.15, 0.2) is 6.61 Å². The molecule has 0 atom stereocenters. The minimum Gasteiger partial charge on any atom is -0.483 e. The molecule has 0 unspecified atom stereocenters. The summed E-state index contributed by atoms with van der Waals surface area (Å²) in [5.74, 6) is 2.89. The van der Waals surface area contributed by atoms with Crippen LogP contribution >= 0.6 is 23.5 Å². The number of carbonyl (C=O) groups excluding carboxylic acids is 1. The Morgan fingerprint density at radius 2 is 1.80 bits per heavy atom. The molecule has 7 heteroatoms. The second-order valence-corrected chi connectivity index (χ2v) is 9.97. The first kappa shape index (κ1) is 20.9. The first-order valence-electron chi connectivity index (χ1n) is 9.91. The van der Waals surface area contributed by atoms with E-state index in [0.717, 1.165) is 45.6 Å². The van der Waals surface area contributed by atoms with Crippen LogP contribution in [0.3, 0.4) is 0 Å². The van der Waals surface area contributed by atoms with Crippen LogP contribution in [0, 0.1) is 20.8 Å². The maximum Gasteiger partial charge on any atom is 0.262 e. The number of anilines is 1. The van der Waals surface area contributed by atoms with Crippen LogP contribution < -0.4 is 10.1 Å². The van der Waals surface area contributed by atoms with Gasteiger partial charge in [0.2, 0.25) is 0 Å². The van der Waals surface area contributed by atoms with Crippen molar-refractivity contribution in [3.63, 3.8) is 0 Å². The third-order valence-electron chi connectivity index (χ3n) is 4.99. The van der Waals surface area contributed by atoms with E-state index in [1.54, 1.807) is 0 Å². The summed E-state index contributed by atoms with van der Waals surface area (Å²) in [6.07, 6.45) is 0. The molecule has 0 spiro atoms. The van der Waals surface area contributed by atoms with Crippen molar-refractivity contribution in [1.29, 1.82) is 0 Å². The number of amides is 1. The molecule has 30 heavy (non-hydrogen) atoms. The van der Waals surface area contributed by atoms with Gasteiger partial charge < -0.3 is 10.1 Å². The molecule has 1 saturated heterocycles. The lowest BCUT2D eigenvalue weighted by molar-refractivity contribution is -0.118. The fourth-order valence-corrected chi connectivity index (χ4v) is 6.33.